The Bertz CT molecular complexity index is 2380. The Morgan fingerprint density at radius 1 is 0.810 bits per heavy atom. The van der Waals surface area contributed by atoms with Gasteiger partial charge in [-0.1, -0.05) is 55.4 Å². The van der Waals surface area contributed by atoms with Gasteiger partial charge in [0.05, 0.1) is 16.3 Å². The minimum absolute atomic E-state index is 0.0669. The van der Waals surface area contributed by atoms with Gasteiger partial charge in [-0.25, -0.2) is 32.4 Å². The summed E-state index contributed by atoms with van der Waals surface area (Å²) in [6.45, 7) is 8.76. The highest BCUT2D eigenvalue weighted by Crippen LogP contribution is 2.27. The van der Waals surface area contributed by atoms with Crippen molar-refractivity contribution in [1.82, 2.24) is 15.3 Å². The van der Waals surface area contributed by atoms with E-state index >= 15 is 0 Å². The molecule has 0 aliphatic rings. The molecule has 6 aromatic rings. The molecule has 8 N–H and O–H groups in total. The third-order valence-corrected chi connectivity index (χ3v) is 7.83. The van der Waals surface area contributed by atoms with E-state index < -0.39 is 21.8 Å². The lowest BCUT2D eigenvalue weighted by Gasteiger charge is -2.17. The molecule has 0 radical (unpaired) electrons. The van der Waals surface area contributed by atoms with Crippen LogP contribution in [0.2, 0.25) is 0 Å². The van der Waals surface area contributed by atoms with Crippen LogP contribution in [0.5, 0.6) is 0 Å². The van der Waals surface area contributed by atoms with E-state index in [9.17, 15) is 14.0 Å². The third-order valence-electron chi connectivity index (χ3n) is 7.83. The first-order chi connectivity index (χ1) is 27.0. The van der Waals surface area contributed by atoms with Gasteiger partial charge in [0.1, 0.15) is 17.3 Å². The van der Waals surface area contributed by atoms with E-state index in [1.165, 1.54) is 24.8 Å². The molecular formula is C39H45FN10O7S. The number of urea groups is 2. The number of pyridine rings is 2. The van der Waals surface area contributed by atoms with Crippen LogP contribution in [0.3, 0.4) is 0 Å². The number of H-pyrrole nitrogens is 1. The summed E-state index contributed by atoms with van der Waals surface area (Å²) < 4.78 is 51.2. The fourth-order valence-corrected chi connectivity index (χ4v) is 4.70. The molecule has 306 valence electrons. The van der Waals surface area contributed by atoms with Crippen molar-refractivity contribution in [1.29, 1.82) is 0 Å². The van der Waals surface area contributed by atoms with Gasteiger partial charge >= 0.3 is 12.1 Å². The molecule has 0 bridgehead atoms. The van der Waals surface area contributed by atoms with Crippen molar-refractivity contribution >= 4 is 56.9 Å². The number of nitrogens with zero attached hydrogens (tertiary/aromatic N) is 4. The normalized spacial score (nSPS) is 11.3. The van der Waals surface area contributed by atoms with E-state index in [1.54, 1.807) is 49.8 Å². The minimum atomic E-state index is -3.92. The summed E-state index contributed by atoms with van der Waals surface area (Å²) in [6.07, 6.45) is 4.13. The average Bonchev–Trinajstić information content (AvgIpc) is 3.83. The molecule has 0 unspecified atom stereocenters. The number of aromatic nitrogens is 4. The number of benzene rings is 2. The molecule has 0 aliphatic carbocycles. The molecule has 0 saturated heterocycles. The van der Waals surface area contributed by atoms with Gasteiger partial charge in [0.2, 0.25) is 5.88 Å². The topological polar surface area (TPSA) is 262 Å². The van der Waals surface area contributed by atoms with E-state index in [1.807, 2.05) is 69.3 Å². The first kappa shape index (κ1) is 43.9. The molecule has 0 fully saturated rings. The Morgan fingerprint density at radius 3 is 1.91 bits per heavy atom. The van der Waals surface area contributed by atoms with Gasteiger partial charge in [-0.05, 0) is 67.4 Å². The van der Waals surface area contributed by atoms with Gasteiger partial charge in [0.25, 0.3) is 5.82 Å². The lowest BCUT2D eigenvalue weighted by molar-refractivity contribution is -0.359. The lowest BCUT2D eigenvalue weighted by atomic mass is 9.93. The zero-order valence-corrected chi connectivity index (χ0v) is 33.6. The summed E-state index contributed by atoms with van der Waals surface area (Å²) in [5.74, 6) is 2.23. The summed E-state index contributed by atoms with van der Waals surface area (Å²) in [4.78, 5) is 33.0. The molecule has 19 heteroatoms. The number of hydrogen-bond acceptors (Lipinski definition) is 12. The van der Waals surface area contributed by atoms with Crippen LogP contribution >= 0.6 is 0 Å². The zero-order valence-electron chi connectivity index (χ0n) is 32.8. The van der Waals surface area contributed by atoms with Crippen LogP contribution in [0.25, 0.3) is 22.3 Å². The van der Waals surface area contributed by atoms with Crippen LogP contribution in [-0.4, -0.2) is 53.6 Å². The van der Waals surface area contributed by atoms with E-state index in [0.717, 1.165) is 27.9 Å². The van der Waals surface area contributed by atoms with Crippen molar-refractivity contribution in [3.63, 3.8) is 0 Å². The summed E-state index contributed by atoms with van der Waals surface area (Å²) in [5, 5.41) is 15.4. The average molecular weight is 817 g/mol. The van der Waals surface area contributed by atoms with Crippen molar-refractivity contribution < 1.29 is 41.0 Å². The van der Waals surface area contributed by atoms with Gasteiger partial charge in [-0.3, -0.25) is 21.3 Å². The van der Waals surface area contributed by atoms with E-state index in [-0.39, 0.29) is 23.0 Å². The third kappa shape index (κ3) is 13.7. The molecule has 2 aromatic carbocycles. The van der Waals surface area contributed by atoms with Gasteiger partial charge in [-0.15, -0.1) is 0 Å². The summed E-state index contributed by atoms with van der Waals surface area (Å²) >= 11 is 0. The van der Waals surface area contributed by atoms with E-state index in [0.29, 0.717) is 35.2 Å². The van der Waals surface area contributed by atoms with Crippen molar-refractivity contribution in [2.75, 3.05) is 45.6 Å². The molecule has 17 nitrogen and oxygen atoms in total. The second-order valence-electron chi connectivity index (χ2n) is 14.3. The van der Waals surface area contributed by atoms with Crippen LogP contribution in [-0.2, 0) is 21.2 Å². The van der Waals surface area contributed by atoms with Crippen LogP contribution in [0.1, 0.15) is 46.1 Å². The van der Waals surface area contributed by atoms with Gasteiger partial charge in [0.15, 0.2) is 11.5 Å². The SMILES string of the molecule is CC(C)(F)c1cc(NC(=O)Nc2ccc(-c3ccc(N)[nH+]c3)cc2)on1.CN(C(=O)Nc1cc(C(C)(C)C)on1)c1ccc(-c2ccc(N)nc2)cc1.CS(=O)(=O)[O-]. The molecule has 6 rings (SSSR count). The van der Waals surface area contributed by atoms with Crippen LogP contribution < -0.4 is 37.3 Å². The fraction of sp³-hybridized carbons (Fsp3) is 0.231. The first-order valence-electron chi connectivity index (χ1n) is 17.4. The molecular weight excluding hydrogens is 772 g/mol. The molecule has 4 amide bonds. The number of rotatable bonds is 7. The Labute approximate surface area is 334 Å². The lowest BCUT2D eigenvalue weighted by Crippen LogP contribution is -2.31. The smallest absolute Gasteiger partial charge is 0.327 e. The Morgan fingerprint density at radius 2 is 1.40 bits per heavy atom. The zero-order chi connectivity index (χ0) is 42.8. The molecule has 4 aromatic heterocycles. The Balaban J connectivity index is 0.000000230. The number of nitrogens with one attached hydrogen (secondary N) is 4. The second kappa shape index (κ2) is 18.4. The molecule has 0 saturated carbocycles. The standard InChI is InChI=1S/C20H23N5O2.C18H18FN5O2.CH4O3S/c1-20(2,3)16-11-18(24-27-16)23-19(26)25(4)15-8-5-13(6-9-15)14-7-10-17(21)22-12-14;1-18(2,19)14-9-16(26-24-14)23-17(25)22-13-6-3-11(4-7-13)12-5-8-15(20)21-10-12;1-5(2,3)4/h5-12H,1-4H3,(H2,21,22)(H,23,24,26);3-10H,1-2H3,(H2,20,21)(H2,22,23,25);1H3,(H,2,3,4). The number of anilines is 6. The van der Waals surface area contributed by atoms with Crippen molar-refractivity contribution in [3.8, 4) is 22.3 Å². The fourth-order valence-electron chi connectivity index (χ4n) is 4.70. The molecule has 0 spiro atoms. The molecule has 0 atom stereocenters. The van der Waals surface area contributed by atoms with Crippen molar-refractivity contribution in [3.05, 3.63) is 109 Å². The largest absolute Gasteiger partial charge is 0.748 e. The maximum absolute atomic E-state index is 13.8. The Hall–Kier alpha value is -6.86. The number of aromatic amines is 1. The maximum Gasteiger partial charge on any atom is 0.327 e. The number of amides is 4. The van der Waals surface area contributed by atoms with Gasteiger partial charge < -0.3 is 24.6 Å². The number of carbonyl (C=O) groups excluding carboxylic acids is 2. The van der Waals surface area contributed by atoms with Crippen LogP contribution in [0.4, 0.5) is 48.7 Å². The number of hydrogen-bond donors (Lipinski definition) is 5. The highest BCUT2D eigenvalue weighted by Gasteiger charge is 2.24. The predicted octanol–water partition coefficient (Wildman–Crippen LogP) is 7.03. The molecule has 4 heterocycles. The van der Waals surface area contributed by atoms with Crippen molar-refractivity contribution in [2.24, 2.45) is 0 Å². The minimum Gasteiger partial charge on any atom is -0.748 e. The number of nitrogens with two attached hydrogens (primary N) is 2. The Kier molecular flexibility index (Phi) is 13.9. The number of carbonyl (C=O) groups is 2. The number of halogens is 1. The van der Waals surface area contributed by atoms with Crippen LogP contribution in [0.15, 0.2) is 106 Å². The maximum atomic E-state index is 13.8. The second-order valence-corrected chi connectivity index (χ2v) is 15.7. The van der Waals surface area contributed by atoms with E-state index in [2.05, 4.69) is 36.2 Å². The van der Waals surface area contributed by atoms with Crippen molar-refractivity contribution in [2.45, 2.75) is 45.7 Å². The highest BCUT2D eigenvalue weighted by atomic mass is 32.2. The van der Waals surface area contributed by atoms with Crippen LogP contribution in [0, 0.1) is 0 Å². The quantitative estimate of drug-likeness (QED) is 0.102. The molecule has 58 heavy (non-hydrogen) atoms. The molecule has 0 aliphatic heterocycles. The number of nitrogen functional groups attached to an aromatic ring is 2. The first-order valence-corrected chi connectivity index (χ1v) is 19.2. The summed E-state index contributed by atoms with van der Waals surface area (Å²) in [5.41, 5.74) is 14.8. The number of alkyl halides is 1. The summed E-state index contributed by atoms with van der Waals surface area (Å²) in [7, 11) is -2.22. The van der Waals surface area contributed by atoms with E-state index in [4.69, 9.17) is 33.5 Å². The highest BCUT2D eigenvalue weighted by molar-refractivity contribution is 7.84. The van der Waals surface area contributed by atoms with Gasteiger partial charge in [-0.2, -0.15) is 0 Å². The van der Waals surface area contributed by atoms with Gasteiger partial charge in [0, 0.05) is 65.6 Å². The monoisotopic (exact) mass is 816 g/mol. The predicted molar refractivity (Wildman–Crippen MR) is 218 cm³/mol. The summed E-state index contributed by atoms with van der Waals surface area (Å²) in [6, 6.07) is 24.5.